The molecule has 0 saturated carbocycles. The molecule has 0 aliphatic heterocycles. The lowest BCUT2D eigenvalue weighted by Crippen LogP contribution is -2.07. The van der Waals surface area contributed by atoms with Crippen molar-refractivity contribution in [2.75, 3.05) is 0 Å². The highest BCUT2D eigenvalue weighted by Crippen LogP contribution is 2.37. The lowest BCUT2D eigenvalue weighted by Gasteiger charge is -2.13. The largest absolute Gasteiger partial charge is 0.508 e. The monoisotopic (exact) mass is 502 g/mol. The summed E-state index contributed by atoms with van der Waals surface area (Å²) in [5, 5.41) is 28.9. The first kappa shape index (κ1) is 21.0. The summed E-state index contributed by atoms with van der Waals surface area (Å²) in [5.74, 6) is 0.115. The number of aromatic nitrogens is 2. The number of halogens is 1. The Morgan fingerprint density at radius 1 is 1.03 bits per heavy atom. The number of aromatic amines is 1. The second kappa shape index (κ2) is 8.26. The topological polar surface area (TPSA) is 99.4 Å². The molecular formula is C26H19BrN2O4. The van der Waals surface area contributed by atoms with Gasteiger partial charge in [-0.2, -0.15) is 5.10 Å². The van der Waals surface area contributed by atoms with Gasteiger partial charge in [-0.25, -0.2) is 4.79 Å². The summed E-state index contributed by atoms with van der Waals surface area (Å²) in [6, 6.07) is 17.9. The number of fused-ring (bicyclic) bond motifs is 1. The zero-order chi connectivity index (χ0) is 23.1. The average molecular weight is 503 g/mol. The van der Waals surface area contributed by atoms with Crippen molar-refractivity contribution in [3.63, 3.8) is 0 Å². The van der Waals surface area contributed by atoms with Gasteiger partial charge in [0.2, 0.25) is 0 Å². The number of rotatable bonds is 4. The van der Waals surface area contributed by atoms with Crippen LogP contribution in [0.1, 0.15) is 16.7 Å². The predicted octanol–water partition coefficient (Wildman–Crippen LogP) is 5.92. The summed E-state index contributed by atoms with van der Waals surface area (Å²) in [6.07, 6.45) is 1.88. The maximum atomic E-state index is 13.0. The number of hydrogen-bond donors (Lipinski definition) is 3. The maximum absolute atomic E-state index is 13.0. The van der Waals surface area contributed by atoms with Gasteiger partial charge in [0.25, 0.3) is 0 Å². The van der Waals surface area contributed by atoms with Crippen molar-refractivity contribution in [1.82, 2.24) is 10.2 Å². The highest BCUT2D eigenvalue weighted by atomic mass is 79.9. The molecule has 0 atom stereocenters. The number of H-pyrrole nitrogens is 1. The lowest BCUT2D eigenvalue weighted by molar-refractivity contribution is 0.466. The first-order valence-electron chi connectivity index (χ1n) is 10.3. The van der Waals surface area contributed by atoms with Crippen LogP contribution in [0.5, 0.6) is 11.5 Å². The molecule has 5 aromatic rings. The normalized spacial score (nSPS) is 11.2. The molecule has 0 amide bonds. The summed E-state index contributed by atoms with van der Waals surface area (Å²) in [4.78, 5) is 13.0. The highest BCUT2D eigenvalue weighted by molar-refractivity contribution is 9.10. The van der Waals surface area contributed by atoms with Crippen LogP contribution in [0.2, 0.25) is 0 Å². The van der Waals surface area contributed by atoms with Crippen molar-refractivity contribution in [2.24, 2.45) is 0 Å². The Kier molecular flexibility index (Phi) is 5.26. The zero-order valence-corrected chi connectivity index (χ0v) is 19.2. The van der Waals surface area contributed by atoms with Crippen LogP contribution in [0.25, 0.3) is 33.4 Å². The van der Waals surface area contributed by atoms with E-state index < -0.39 is 5.63 Å². The lowest BCUT2D eigenvalue weighted by atomic mass is 9.95. The molecule has 2 heterocycles. The van der Waals surface area contributed by atoms with E-state index in [9.17, 15) is 15.0 Å². The van der Waals surface area contributed by atoms with Gasteiger partial charge in [-0.15, -0.1) is 0 Å². The molecule has 6 nitrogen and oxygen atoms in total. The van der Waals surface area contributed by atoms with Crippen LogP contribution in [-0.4, -0.2) is 20.4 Å². The Bertz CT molecular complexity index is 1550. The van der Waals surface area contributed by atoms with Crippen molar-refractivity contribution in [3.8, 4) is 33.9 Å². The second-order valence-electron chi connectivity index (χ2n) is 7.80. The third kappa shape index (κ3) is 3.70. The number of phenolic OH excluding ortho intramolecular Hbond substituents is 2. The average Bonchev–Trinajstić information content (AvgIpc) is 3.26. The van der Waals surface area contributed by atoms with E-state index in [0.29, 0.717) is 28.0 Å². The van der Waals surface area contributed by atoms with Crippen molar-refractivity contribution in [2.45, 2.75) is 13.3 Å². The molecule has 5 rings (SSSR count). The Balaban J connectivity index is 1.67. The third-order valence-corrected chi connectivity index (χ3v) is 6.28. The van der Waals surface area contributed by atoms with E-state index in [-0.39, 0.29) is 17.9 Å². The minimum Gasteiger partial charge on any atom is -0.508 e. The van der Waals surface area contributed by atoms with Crippen LogP contribution in [-0.2, 0) is 6.42 Å². The smallest absolute Gasteiger partial charge is 0.344 e. The molecule has 0 aliphatic carbocycles. The molecular weight excluding hydrogens is 484 g/mol. The Morgan fingerprint density at radius 2 is 1.79 bits per heavy atom. The Morgan fingerprint density at radius 3 is 2.58 bits per heavy atom. The third-order valence-electron chi connectivity index (χ3n) is 5.79. The molecule has 3 N–H and O–H groups in total. The van der Waals surface area contributed by atoms with Crippen molar-refractivity contribution >= 4 is 26.9 Å². The minimum absolute atomic E-state index is 0.0168. The van der Waals surface area contributed by atoms with E-state index in [1.807, 2.05) is 37.3 Å². The number of nitrogens with one attached hydrogen (secondary N) is 1. The summed E-state index contributed by atoms with van der Waals surface area (Å²) in [7, 11) is 0. The van der Waals surface area contributed by atoms with Gasteiger partial charge >= 0.3 is 5.63 Å². The molecule has 0 bridgehead atoms. The van der Waals surface area contributed by atoms with E-state index >= 15 is 0 Å². The number of aromatic hydroxyl groups is 2. The molecule has 0 aliphatic rings. The molecule has 0 unspecified atom stereocenters. The molecule has 0 saturated heterocycles. The fourth-order valence-corrected chi connectivity index (χ4v) is 4.51. The van der Waals surface area contributed by atoms with E-state index in [1.54, 1.807) is 36.5 Å². The van der Waals surface area contributed by atoms with Gasteiger partial charge in [0, 0.05) is 33.0 Å². The summed E-state index contributed by atoms with van der Waals surface area (Å²) < 4.78 is 6.58. The van der Waals surface area contributed by atoms with Gasteiger partial charge in [-0.3, -0.25) is 5.10 Å². The number of phenols is 2. The van der Waals surface area contributed by atoms with Gasteiger partial charge in [-0.05, 0) is 48.4 Å². The van der Waals surface area contributed by atoms with Gasteiger partial charge in [0.05, 0.1) is 17.5 Å². The van der Waals surface area contributed by atoms with Crippen molar-refractivity contribution in [1.29, 1.82) is 0 Å². The Hall–Kier alpha value is -3.84. The van der Waals surface area contributed by atoms with Gasteiger partial charge in [0.1, 0.15) is 17.1 Å². The zero-order valence-electron chi connectivity index (χ0n) is 17.6. The van der Waals surface area contributed by atoms with Crippen molar-refractivity contribution in [3.05, 3.63) is 98.4 Å². The highest BCUT2D eigenvalue weighted by Gasteiger charge is 2.20. The van der Waals surface area contributed by atoms with Gasteiger partial charge in [0.15, 0.2) is 0 Å². The summed E-state index contributed by atoms with van der Waals surface area (Å²) in [6.45, 7) is 1.88. The van der Waals surface area contributed by atoms with Crippen LogP contribution < -0.4 is 5.63 Å². The minimum atomic E-state index is -0.463. The SMILES string of the molecule is Cc1c(-c2ccccc2)c(=O)oc2c(Cc3cn[nH]c3-c3cc(Br)ccc3O)c(O)ccc12. The fourth-order valence-electron chi connectivity index (χ4n) is 4.15. The van der Waals surface area contributed by atoms with Gasteiger partial charge < -0.3 is 14.6 Å². The molecule has 33 heavy (non-hydrogen) atoms. The molecule has 2 aromatic heterocycles. The molecule has 0 radical (unpaired) electrons. The second-order valence-corrected chi connectivity index (χ2v) is 8.72. The molecule has 3 aromatic carbocycles. The Labute approximate surface area is 197 Å². The van der Waals surface area contributed by atoms with Crippen LogP contribution >= 0.6 is 15.9 Å². The number of nitrogens with zero attached hydrogens (tertiary/aromatic N) is 1. The van der Waals surface area contributed by atoms with Gasteiger partial charge in [-0.1, -0.05) is 46.3 Å². The predicted molar refractivity (Wildman–Crippen MR) is 131 cm³/mol. The summed E-state index contributed by atoms with van der Waals surface area (Å²) in [5.41, 5.74) is 4.34. The van der Waals surface area contributed by atoms with Crippen molar-refractivity contribution < 1.29 is 14.6 Å². The standard InChI is InChI=1S/C26H19BrN2O4/c1-14-18-8-10-22(31)20(25(18)33-26(32)23(14)15-5-3-2-4-6-15)11-16-13-28-29-24(16)19-12-17(27)7-9-21(19)30/h2-10,12-13,30-31H,11H2,1H3,(H,28,29). The first-order chi connectivity index (χ1) is 15.9. The molecule has 0 spiro atoms. The quantitative estimate of drug-likeness (QED) is 0.265. The summed E-state index contributed by atoms with van der Waals surface area (Å²) >= 11 is 3.42. The number of benzene rings is 3. The van der Waals surface area contributed by atoms with Crippen LogP contribution in [0, 0.1) is 6.92 Å². The molecule has 164 valence electrons. The van der Waals surface area contributed by atoms with Crippen LogP contribution in [0.3, 0.4) is 0 Å². The number of aryl methyl sites for hydroxylation is 1. The van der Waals surface area contributed by atoms with E-state index in [4.69, 9.17) is 4.42 Å². The van der Waals surface area contributed by atoms with E-state index in [1.165, 1.54) is 0 Å². The van der Waals surface area contributed by atoms with E-state index in [0.717, 1.165) is 26.5 Å². The van der Waals surface area contributed by atoms with Crippen LogP contribution in [0.4, 0.5) is 0 Å². The molecule has 0 fully saturated rings. The fraction of sp³-hybridized carbons (Fsp3) is 0.0769. The first-order valence-corrected chi connectivity index (χ1v) is 11.1. The maximum Gasteiger partial charge on any atom is 0.344 e. The van der Waals surface area contributed by atoms with Crippen LogP contribution in [0.15, 0.2) is 80.5 Å². The van der Waals surface area contributed by atoms with E-state index in [2.05, 4.69) is 26.1 Å². The molecule has 7 heteroatoms. The number of hydrogen-bond acceptors (Lipinski definition) is 5.